The van der Waals surface area contributed by atoms with Gasteiger partial charge in [-0.3, -0.25) is 0 Å². The van der Waals surface area contributed by atoms with Gasteiger partial charge in [-0.15, -0.1) is 0 Å². The van der Waals surface area contributed by atoms with Gasteiger partial charge in [0.2, 0.25) is 0 Å². The van der Waals surface area contributed by atoms with Gasteiger partial charge < -0.3 is 0 Å². The van der Waals surface area contributed by atoms with Crippen LogP contribution >= 0.6 is 11.6 Å². The summed E-state index contributed by atoms with van der Waals surface area (Å²) in [6.45, 7) is 0. The van der Waals surface area contributed by atoms with Crippen molar-refractivity contribution in [1.29, 1.82) is 0 Å². The molecule has 0 N–H and O–H groups in total. The van der Waals surface area contributed by atoms with E-state index in [2.05, 4.69) is 11.2 Å². The van der Waals surface area contributed by atoms with Crippen LogP contribution in [0.1, 0.15) is 0 Å². The molecule has 0 unspecified atom stereocenters. The van der Waals surface area contributed by atoms with E-state index in [-0.39, 0.29) is 0 Å². The van der Waals surface area contributed by atoms with Crippen LogP contribution in [-0.4, -0.2) is 9.78 Å². The maximum absolute atomic E-state index is 5.94. The van der Waals surface area contributed by atoms with Gasteiger partial charge in [0.25, 0.3) is 0 Å². The standard InChI is InChI=1S/C9H6ClN2/c10-8-4-1-2-5-9(8)12-7-3-6-11-12/h1-2,4-7H. The smallest absolute Gasteiger partial charge is 0.0831 e. The maximum Gasteiger partial charge on any atom is 0.0831 e. The first-order chi connectivity index (χ1) is 5.88. The van der Waals surface area contributed by atoms with Crippen molar-refractivity contribution in [3.8, 4) is 5.69 Å². The van der Waals surface area contributed by atoms with Crippen molar-refractivity contribution >= 4 is 11.6 Å². The molecule has 2 aromatic rings. The van der Waals surface area contributed by atoms with Crippen LogP contribution in [0.4, 0.5) is 0 Å². The van der Waals surface area contributed by atoms with Crippen LogP contribution in [0.25, 0.3) is 5.69 Å². The summed E-state index contributed by atoms with van der Waals surface area (Å²) in [4.78, 5) is 0. The molecule has 0 amide bonds. The van der Waals surface area contributed by atoms with E-state index in [0.717, 1.165) is 5.69 Å². The molecule has 3 heteroatoms. The number of para-hydroxylation sites is 1. The molecule has 0 atom stereocenters. The van der Waals surface area contributed by atoms with E-state index >= 15 is 0 Å². The summed E-state index contributed by atoms with van der Waals surface area (Å²) in [7, 11) is 0. The van der Waals surface area contributed by atoms with Gasteiger partial charge >= 0.3 is 0 Å². The van der Waals surface area contributed by atoms with Gasteiger partial charge in [0.1, 0.15) is 0 Å². The SMILES string of the molecule is Clc1ccccc1-n1c[c]cn1. The first-order valence-electron chi connectivity index (χ1n) is 3.53. The zero-order valence-electron chi connectivity index (χ0n) is 6.24. The molecule has 1 aromatic carbocycles. The maximum atomic E-state index is 5.94. The number of aromatic nitrogens is 2. The van der Waals surface area contributed by atoms with Crippen molar-refractivity contribution in [3.63, 3.8) is 0 Å². The molecule has 0 bridgehead atoms. The number of rotatable bonds is 1. The van der Waals surface area contributed by atoms with Gasteiger partial charge in [-0.1, -0.05) is 23.7 Å². The van der Waals surface area contributed by atoms with E-state index in [1.165, 1.54) is 0 Å². The molecule has 2 rings (SSSR count). The van der Waals surface area contributed by atoms with Crippen LogP contribution in [-0.2, 0) is 0 Å². The Labute approximate surface area is 75.4 Å². The molecule has 1 heterocycles. The predicted molar refractivity (Wildman–Crippen MR) is 47.4 cm³/mol. The monoisotopic (exact) mass is 177 g/mol. The van der Waals surface area contributed by atoms with Crippen molar-refractivity contribution in [2.24, 2.45) is 0 Å². The molecule has 0 aliphatic carbocycles. The first-order valence-corrected chi connectivity index (χ1v) is 3.91. The molecular formula is C9H6ClN2. The Bertz CT molecular complexity index is 368. The second-order valence-electron chi connectivity index (χ2n) is 2.34. The van der Waals surface area contributed by atoms with Crippen LogP contribution in [0, 0.1) is 6.07 Å². The highest BCUT2D eigenvalue weighted by Gasteiger charge is 1.99. The minimum atomic E-state index is 0.689. The summed E-state index contributed by atoms with van der Waals surface area (Å²) in [5.74, 6) is 0. The summed E-state index contributed by atoms with van der Waals surface area (Å²) in [5.41, 5.74) is 0.875. The number of benzene rings is 1. The Morgan fingerprint density at radius 2 is 2.17 bits per heavy atom. The van der Waals surface area contributed by atoms with Crippen LogP contribution in [0.5, 0.6) is 0 Å². The highest BCUT2D eigenvalue weighted by Crippen LogP contribution is 2.17. The quantitative estimate of drug-likeness (QED) is 0.654. The van der Waals surface area contributed by atoms with Gasteiger partial charge in [-0.25, -0.2) is 4.68 Å². The molecule has 0 saturated carbocycles. The topological polar surface area (TPSA) is 17.8 Å². The minimum Gasteiger partial charge on any atom is -0.239 e. The number of hydrogen-bond acceptors (Lipinski definition) is 1. The van der Waals surface area contributed by atoms with Gasteiger partial charge in [0, 0.05) is 12.3 Å². The van der Waals surface area contributed by atoms with Gasteiger partial charge in [0.05, 0.1) is 16.9 Å². The summed E-state index contributed by atoms with van der Waals surface area (Å²) < 4.78 is 1.68. The Kier molecular flexibility index (Phi) is 1.84. The van der Waals surface area contributed by atoms with Crippen molar-refractivity contribution in [2.45, 2.75) is 0 Å². The first kappa shape index (κ1) is 7.37. The third-order valence-corrected chi connectivity index (χ3v) is 1.87. The zero-order chi connectivity index (χ0) is 8.39. The summed E-state index contributed by atoms with van der Waals surface area (Å²) in [6.07, 6.45) is 3.34. The van der Waals surface area contributed by atoms with E-state index in [9.17, 15) is 0 Å². The third-order valence-electron chi connectivity index (χ3n) is 1.55. The lowest BCUT2D eigenvalue weighted by molar-refractivity contribution is 0.881. The minimum absolute atomic E-state index is 0.689. The zero-order valence-corrected chi connectivity index (χ0v) is 6.99. The highest BCUT2D eigenvalue weighted by atomic mass is 35.5. The third kappa shape index (κ3) is 1.21. The number of nitrogens with zero attached hydrogens (tertiary/aromatic N) is 2. The Hall–Kier alpha value is -1.28. The average Bonchev–Trinajstić information content (AvgIpc) is 2.57. The largest absolute Gasteiger partial charge is 0.239 e. The molecule has 0 saturated heterocycles. The molecule has 0 aliphatic heterocycles. The Morgan fingerprint density at radius 1 is 1.33 bits per heavy atom. The molecule has 0 aliphatic rings. The highest BCUT2D eigenvalue weighted by molar-refractivity contribution is 6.32. The lowest BCUT2D eigenvalue weighted by Gasteiger charge is -2.01. The van der Waals surface area contributed by atoms with Crippen LogP contribution < -0.4 is 0 Å². The molecule has 1 aromatic heterocycles. The second-order valence-corrected chi connectivity index (χ2v) is 2.74. The van der Waals surface area contributed by atoms with Crippen molar-refractivity contribution in [2.75, 3.05) is 0 Å². The van der Waals surface area contributed by atoms with Crippen molar-refractivity contribution in [1.82, 2.24) is 9.78 Å². The average molecular weight is 178 g/mol. The molecule has 0 fully saturated rings. The Morgan fingerprint density at radius 3 is 2.83 bits per heavy atom. The fourth-order valence-electron chi connectivity index (χ4n) is 1.00. The van der Waals surface area contributed by atoms with Crippen LogP contribution in [0.3, 0.4) is 0 Å². The van der Waals surface area contributed by atoms with Gasteiger partial charge in [0.15, 0.2) is 0 Å². The summed E-state index contributed by atoms with van der Waals surface area (Å²) in [6, 6.07) is 10.4. The number of hydrogen-bond donors (Lipinski definition) is 0. The van der Waals surface area contributed by atoms with E-state index in [0.29, 0.717) is 5.02 Å². The molecule has 59 valence electrons. The lowest BCUT2D eigenvalue weighted by atomic mass is 10.3. The van der Waals surface area contributed by atoms with Gasteiger partial charge in [-0.2, -0.15) is 5.10 Å². The van der Waals surface area contributed by atoms with Crippen molar-refractivity contribution < 1.29 is 0 Å². The molecule has 1 radical (unpaired) electrons. The summed E-state index contributed by atoms with van der Waals surface area (Å²) in [5, 5.41) is 4.71. The van der Waals surface area contributed by atoms with Crippen molar-refractivity contribution in [3.05, 3.63) is 47.7 Å². The Balaban J connectivity index is 2.55. The molecule has 2 nitrogen and oxygen atoms in total. The lowest BCUT2D eigenvalue weighted by Crippen LogP contribution is -1.93. The fraction of sp³-hybridized carbons (Fsp3) is 0. The predicted octanol–water partition coefficient (Wildman–Crippen LogP) is 2.33. The van der Waals surface area contributed by atoms with E-state index in [4.69, 9.17) is 11.6 Å². The van der Waals surface area contributed by atoms with Gasteiger partial charge in [-0.05, 0) is 12.1 Å². The summed E-state index contributed by atoms with van der Waals surface area (Å²) >= 11 is 5.94. The second kappa shape index (κ2) is 2.99. The van der Waals surface area contributed by atoms with E-state index < -0.39 is 0 Å². The van der Waals surface area contributed by atoms with E-state index in [1.807, 2.05) is 24.3 Å². The van der Waals surface area contributed by atoms with Crippen LogP contribution in [0.2, 0.25) is 5.02 Å². The fourth-order valence-corrected chi connectivity index (χ4v) is 1.22. The van der Waals surface area contributed by atoms with Crippen LogP contribution in [0.15, 0.2) is 36.7 Å². The van der Waals surface area contributed by atoms with E-state index in [1.54, 1.807) is 17.1 Å². The molecular weight excluding hydrogens is 172 g/mol. The normalized spacial score (nSPS) is 10.1. The molecule has 0 spiro atoms. The molecule has 12 heavy (non-hydrogen) atoms. The number of halogens is 1.